The zero-order valence-electron chi connectivity index (χ0n) is 15.8. The predicted molar refractivity (Wildman–Crippen MR) is 106 cm³/mol. The Kier molecular flexibility index (Phi) is 7.22. The van der Waals surface area contributed by atoms with Gasteiger partial charge in [0.25, 0.3) is 5.91 Å². The van der Waals surface area contributed by atoms with Crippen LogP contribution < -0.4 is 5.32 Å². The van der Waals surface area contributed by atoms with Crippen molar-refractivity contribution in [2.75, 3.05) is 32.0 Å². The van der Waals surface area contributed by atoms with Gasteiger partial charge in [-0.2, -0.15) is 4.31 Å². The van der Waals surface area contributed by atoms with Gasteiger partial charge in [0.1, 0.15) is 0 Å². The molecule has 1 heterocycles. The van der Waals surface area contributed by atoms with Crippen molar-refractivity contribution in [2.45, 2.75) is 18.7 Å². The van der Waals surface area contributed by atoms with Gasteiger partial charge in [-0.25, -0.2) is 8.42 Å². The summed E-state index contributed by atoms with van der Waals surface area (Å²) in [4.78, 5) is 25.6. The molecule has 2 aromatic rings. The van der Waals surface area contributed by atoms with E-state index in [2.05, 4.69) is 5.32 Å². The molecule has 0 atom stereocenters. The third-order valence-corrected chi connectivity index (χ3v) is 6.39. The van der Waals surface area contributed by atoms with Crippen molar-refractivity contribution >= 4 is 39.1 Å². The second-order valence-electron chi connectivity index (χ2n) is 5.92. The molecule has 2 rings (SSSR count). The fourth-order valence-corrected chi connectivity index (χ4v) is 4.19. The number of anilines is 1. The summed E-state index contributed by atoms with van der Waals surface area (Å²) in [5.41, 5.74) is 0.152. The van der Waals surface area contributed by atoms with Gasteiger partial charge in [-0.15, -0.1) is 0 Å². The van der Waals surface area contributed by atoms with Gasteiger partial charge < -0.3 is 14.6 Å². The van der Waals surface area contributed by atoms with Crippen molar-refractivity contribution in [1.82, 2.24) is 9.21 Å². The summed E-state index contributed by atoms with van der Waals surface area (Å²) >= 11 is 6.10. The quantitative estimate of drug-likeness (QED) is 0.698. The Morgan fingerprint density at radius 3 is 2.43 bits per heavy atom. The minimum absolute atomic E-state index is 0.0240. The highest BCUT2D eigenvalue weighted by atomic mass is 35.5. The number of hydrogen-bond acceptors (Lipinski definition) is 5. The number of rotatable bonds is 8. The SMILES string of the molecule is CCN(CC)S(=O)(=O)c1ccc(Cl)c(NC(=O)CN(C)C(=O)c2ccco2)c1. The molecule has 1 aromatic heterocycles. The normalized spacial score (nSPS) is 11.5. The Balaban J connectivity index is 2.15. The number of likely N-dealkylation sites (N-methyl/N-ethyl adjacent to an activating group) is 1. The first-order valence-corrected chi connectivity index (χ1v) is 10.4. The fraction of sp³-hybridized carbons (Fsp3) is 0.333. The number of carbonyl (C=O) groups is 2. The maximum atomic E-state index is 12.6. The largest absolute Gasteiger partial charge is 0.459 e. The molecule has 1 aromatic carbocycles. The number of amides is 2. The van der Waals surface area contributed by atoms with Crippen LogP contribution in [-0.4, -0.2) is 56.1 Å². The molecule has 0 fully saturated rings. The average molecular weight is 428 g/mol. The molecule has 0 aliphatic rings. The maximum Gasteiger partial charge on any atom is 0.289 e. The van der Waals surface area contributed by atoms with Crippen LogP contribution in [0.1, 0.15) is 24.4 Å². The van der Waals surface area contributed by atoms with Crippen molar-refractivity contribution in [3.05, 3.63) is 47.4 Å². The second kappa shape index (κ2) is 9.22. The van der Waals surface area contributed by atoms with Crippen molar-refractivity contribution < 1.29 is 22.4 Å². The number of nitrogens with zero attached hydrogens (tertiary/aromatic N) is 2. The maximum absolute atomic E-state index is 12.6. The fourth-order valence-electron chi connectivity index (χ4n) is 2.54. The monoisotopic (exact) mass is 427 g/mol. The van der Waals surface area contributed by atoms with Gasteiger partial charge in [-0.05, 0) is 30.3 Å². The molecule has 0 unspecified atom stereocenters. The van der Waals surface area contributed by atoms with E-state index < -0.39 is 21.8 Å². The van der Waals surface area contributed by atoms with E-state index in [-0.39, 0.29) is 27.9 Å². The van der Waals surface area contributed by atoms with E-state index in [4.69, 9.17) is 16.0 Å². The molecule has 0 saturated heterocycles. The van der Waals surface area contributed by atoms with E-state index in [1.165, 1.54) is 46.8 Å². The number of sulfonamides is 1. The molecule has 0 radical (unpaired) electrons. The van der Waals surface area contributed by atoms with Crippen LogP contribution in [0.5, 0.6) is 0 Å². The Hall–Kier alpha value is -2.36. The summed E-state index contributed by atoms with van der Waals surface area (Å²) in [7, 11) is -2.24. The van der Waals surface area contributed by atoms with Gasteiger partial charge in [0.05, 0.1) is 28.4 Å². The molecule has 0 bridgehead atoms. The second-order valence-corrected chi connectivity index (χ2v) is 8.26. The first-order valence-electron chi connectivity index (χ1n) is 8.59. The van der Waals surface area contributed by atoms with E-state index in [0.717, 1.165) is 0 Å². The molecule has 0 spiro atoms. The van der Waals surface area contributed by atoms with Crippen LogP contribution in [-0.2, 0) is 14.8 Å². The first kappa shape index (κ1) is 21.9. The topological polar surface area (TPSA) is 99.9 Å². The minimum Gasteiger partial charge on any atom is -0.459 e. The van der Waals surface area contributed by atoms with E-state index in [1.54, 1.807) is 19.9 Å². The van der Waals surface area contributed by atoms with E-state index >= 15 is 0 Å². The molecule has 152 valence electrons. The molecule has 2 amide bonds. The summed E-state index contributed by atoms with van der Waals surface area (Å²) in [6.07, 6.45) is 1.36. The highest BCUT2D eigenvalue weighted by Gasteiger charge is 2.23. The van der Waals surface area contributed by atoms with E-state index in [1.807, 2.05) is 0 Å². The minimum atomic E-state index is -3.70. The smallest absolute Gasteiger partial charge is 0.289 e. The van der Waals surface area contributed by atoms with Crippen LogP contribution in [0.3, 0.4) is 0 Å². The number of hydrogen-bond donors (Lipinski definition) is 1. The highest BCUT2D eigenvalue weighted by Crippen LogP contribution is 2.27. The van der Waals surface area contributed by atoms with Gasteiger partial charge in [0, 0.05) is 20.1 Å². The summed E-state index contributed by atoms with van der Waals surface area (Å²) in [5, 5.41) is 2.74. The van der Waals surface area contributed by atoms with Gasteiger partial charge in [-0.3, -0.25) is 9.59 Å². The summed E-state index contributed by atoms with van der Waals surface area (Å²) in [6, 6.07) is 7.17. The molecule has 1 N–H and O–H groups in total. The van der Waals surface area contributed by atoms with Crippen molar-refractivity contribution in [1.29, 1.82) is 0 Å². The standard InChI is InChI=1S/C18H22ClN3O5S/c1-4-22(5-2)28(25,26)13-8-9-14(19)15(11-13)20-17(23)12-21(3)18(24)16-7-6-10-27-16/h6-11H,4-5,12H2,1-3H3,(H,20,23). The number of carbonyl (C=O) groups excluding carboxylic acids is 2. The Bertz CT molecular complexity index is 940. The lowest BCUT2D eigenvalue weighted by Crippen LogP contribution is -2.35. The van der Waals surface area contributed by atoms with Crippen LogP contribution in [0.15, 0.2) is 45.9 Å². The lowest BCUT2D eigenvalue weighted by Gasteiger charge is -2.19. The van der Waals surface area contributed by atoms with Gasteiger partial charge in [0.15, 0.2) is 5.76 Å². The van der Waals surface area contributed by atoms with Crippen molar-refractivity contribution in [3.8, 4) is 0 Å². The Labute approximate surface area is 169 Å². The Morgan fingerprint density at radius 2 is 1.86 bits per heavy atom. The van der Waals surface area contributed by atoms with Crippen LogP contribution in [0.2, 0.25) is 5.02 Å². The lowest BCUT2D eigenvalue weighted by atomic mass is 10.3. The van der Waals surface area contributed by atoms with Crippen LogP contribution >= 0.6 is 11.6 Å². The molecule has 28 heavy (non-hydrogen) atoms. The van der Waals surface area contributed by atoms with Crippen LogP contribution in [0.4, 0.5) is 5.69 Å². The number of furan rings is 1. The Morgan fingerprint density at radius 1 is 1.18 bits per heavy atom. The summed E-state index contributed by atoms with van der Waals surface area (Å²) < 4.78 is 31.6. The zero-order chi connectivity index (χ0) is 20.9. The number of halogens is 1. The molecular formula is C18H22ClN3O5S. The van der Waals surface area contributed by atoms with E-state index in [0.29, 0.717) is 13.1 Å². The molecule has 8 nitrogen and oxygen atoms in total. The zero-order valence-corrected chi connectivity index (χ0v) is 17.4. The molecule has 10 heteroatoms. The van der Waals surface area contributed by atoms with Gasteiger partial charge >= 0.3 is 0 Å². The van der Waals surface area contributed by atoms with E-state index in [9.17, 15) is 18.0 Å². The molecule has 0 aliphatic carbocycles. The third kappa shape index (κ3) is 4.92. The van der Waals surface area contributed by atoms with Crippen LogP contribution in [0.25, 0.3) is 0 Å². The lowest BCUT2D eigenvalue weighted by molar-refractivity contribution is -0.116. The summed E-state index contributed by atoms with van der Waals surface area (Å²) in [6.45, 7) is 3.87. The average Bonchev–Trinajstić information content (AvgIpc) is 3.18. The number of nitrogens with one attached hydrogen (secondary N) is 1. The predicted octanol–water partition coefficient (Wildman–Crippen LogP) is 2.67. The molecule has 0 aliphatic heterocycles. The molecular weight excluding hydrogens is 406 g/mol. The van der Waals surface area contributed by atoms with Gasteiger partial charge in [-0.1, -0.05) is 25.4 Å². The highest BCUT2D eigenvalue weighted by molar-refractivity contribution is 7.89. The van der Waals surface area contributed by atoms with Gasteiger partial charge in [0.2, 0.25) is 15.9 Å². The number of benzene rings is 1. The van der Waals surface area contributed by atoms with Crippen molar-refractivity contribution in [2.24, 2.45) is 0 Å². The molecule has 0 saturated carbocycles. The summed E-state index contributed by atoms with van der Waals surface area (Å²) in [5.74, 6) is -0.869. The van der Waals surface area contributed by atoms with Crippen LogP contribution in [0, 0.1) is 0 Å². The van der Waals surface area contributed by atoms with Crippen molar-refractivity contribution in [3.63, 3.8) is 0 Å². The first-order chi connectivity index (χ1) is 13.2. The third-order valence-electron chi connectivity index (χ3n) is 4.01.